The van der Waals surface area contributed by atoms with Crippen molar-refractivity contribution in [2.75, 3.05) is 13.7 Å². The van der Waals surface area contributed by atoms with E-state index in [0.29, 0.717) is 18.4 Å². The quantitative estimate of drug-likeness (QED) is 0.467. The predicted octanol–water partition coefficient (Wildman–Crippen LogP) is 1.55. The molecule has 7 heteroatoms. The van der Waals surface area contributed by atoms with E-state index in [2.05, 4.69) is 4.74 Å². The number of esters is 2. The molecular weight excluding hydrogens is 326 g/mol. The van der Waals surface area contributed by atoms with Crippen molar-refractivity contribution in [3.63, 3.8) is 0 Å². The molecule has 0 bridgehead atoms. The molecule has 7 nitrogen and oxygen atoms in total. The zero-order valence-electron chi connectivity index (χ0n) is 13.9. The normalized spacial score (nSPS) is 22.5. The van der Waals surface area contributed by atoms with Crippen LogP contribution in [-0.2, 0) is 19.1 Å². The molecule has 1 saturated heterocycles. The minimum atomic E-state index is -0.689. The van der Waals surface area contributed by atoms with Crippen molar-refractivity contribution >= 4 is 23.8 Å². The van der Waals surface area contributed by atoms with Crippen LogP contribution in [0.1, 0.15) is 36.0 Å². The lowest BCUT2D eigenvalue weighted by atomic mass is 9.81. The molecular formula is C18H19NO6. The third kappa shape index (κ3) is 3.40. The molecule has 1 aromatic rings. The smallest absolute Gasteiger partial charge is 0.337 e. The van der Waals surface area contributed by atoms with Gasteiger partial charge in [0.15, 0.2) is 0 Å². The molecule has 1 heterocycles. The van der Waals surface area contributed by atoms with Crippen LogP contribution in [0.4, 0.5) is 0 Å². The number of imide groups is 1. The summed E-state index contributed by atoms with van der Waals surface area (Å²) in [6.45, 7) is -0.385. The molecule has 132 valence electrons. The molecule has 0 radical (unpaired) electrons. The van der Waals surface area contributed by atoms with Crippen molar-refractivity contribution in [3.05, 3.63) is 29.8 Å². The summed E-state index contributed by atoms with van der Waals surface area (Å²) in [6, 6.07) is 5.85. The summed E-state index contributed by atoms with van der Waals surface area (Å²) in [5, 5.41) is 0. The van der Waals surface area contributed by atoms with E-state index in [4.69, 9.17) is 4.74 Å². The Kier molecular flexibility index (Phi) is 4.83. The highest BCUT2D eigenvalue weighted by molar-refractivity contribution is 6.07. The fourth-order valence-corrected chi connectivity index (χ4v) is 3.46. The molecule has 0 spiro atoms. The van der Waals surface area contributed by atoms with Crippen molar-refractivity contribution < 1.29 is 28.7 Å². The van der Waals surface area contributed by atoms with Gasteiger partial charge in [-0.25, -0.2) is 9.59 Å². The molecule has 1 aliphatic carbocycles. The van der Waals surface area contributed by atoms with Gasteiger partial charge >= 0.3 is 11.9 Å². The number of ether oxygens (including phenoxy) is 2. The standard InChI is InChI=1S/C18H19NO6/c1-24-18(23)11-6-8-12(9-7-11)25-15(20)10-19-16(21)13-4-2-3-5-14(13)17(19)22/h6-9,13-14H,2-5,10H2,1H3/t13-,14-/m0/s1. The number of carbonyl (C=O) groups is 4. The van der Waals surface area contributed by atoms with E-state index < -0.39 is 11.9 Å². The predicted molar refractivity (Wildman–Crippen MR) is 85.6 cm³/mol. The fourth-order valence-electron chi connectivity index (χ4n) is 3.46. The van der Waals surface area contributed by atoms with Gasteiger partial charge in [0.05, 0.1) is 24.5 Å². The highest BCUT2D eigenvalue weighted by Gasteiger charge is 2.48. The van der Waals surface area contributed by atoms with Crippen LogP contribution in [0.15, 0.2) is 24.3 Å². The summed E-state index contributed by atoms with van der Waals surface area (Å²) in [5.74, 6) is -2.06. The van der Waals surface area contributed by atoms with Crippen molar-refractivity contribution in [3.8, 4) is 5.75 Å². The first kappa shape index (κ1) is 17.1. The summed E-state index contributed by atoms with van der Waals surface area (Å²) >= 11 is 0. The number of carbonyl (C=O) groups excluding carboxylic acids is 4. The van der Waals surface area contributed by atoms with Crippen molar-refractivity contribution in [2.45, 2.75) is 25.7 Å². The topological polar surface area (TPSA) is 90.0 Å². The summed E-state index contributed by atoms with van der Waals surface area (Å²) < 4.78 is 9.75. The second kappa shape index (κ2) is 7.04. The Balaban J connectivity index is 1.61. The van der Waals surface area contributed by atoms with Crippen molar-refractivity contribution in [2.24, 2.45) is 11.8 Å². The zero-order chi connectivity index (χ0) is 18.0. The molecule has 3 rings (SSSR count). The minimum Gasteiger partial charge on any atom is -0.465 e. The Morgan fingerprint density at radius 3 is 2.12 bits per heavy atom. The molecule has 1 aromatic carbocycles. The van der Waals surface area contributed by atoms with E-state index >= 15 is 0 Å². The van der Waals surface area contributed by atoms with Gasteiger partial charge in [0.2, 0.25) is 11.8 Å². The van der Waals surface area contributed by atoms with Crippen LogP contribution in [0.2, 0.25) is 0 Å². The Hall–Kier alpha value is -2.70. The average molecular weight is 345 g/mol. The van der Waals surface area contributed by atoms with Crippen LogP contribution in [0.25, 0.3) is 0 Å². The zero-order valence-corrected chi connectivity index (χ0v) is 13.9. The minimum absolute atomic E-state index is 0.231. The number of fused-ring (bicyclic) bond motifs is 1. The average Bonchev–Trinajstić information content (AvgIpc) is 2.87. The molecule has 0 unspecified atom stereocenters. The molecule has 1 aliphatic heterocycles. The van der Waals surface area contributed by atoms with Crippen LogP contribution in [0.5, 0.6) is 5.75 Å². The maximum Gasteiger partial charge on any atom is 0.337 e. The number of hydrogen-bond acceptors (Lipinski definition) is 6. The Labute approximate surface area is 144 Å². The van der Waals surface area contributed by atoms with Crippen LogP contribution >= 0.6 is 0 Å². The van der Waals surface area contributed by atoms with E-state index in [1.54, 1.807) is 0 Å². The SMILES string of the molecule is COC(=O)c1ccc(OC(=O)CN2C(=O)[C@H]3CCCC[C@@H]3C2=O)cc1. The van der Waals surface area contributed by atoms with Crippen LogP contribution in [0.3, 0.4) is 0 Å². The molecule has 2 atom stereocenters. The number of hydrogen-bond donors (Lipinski definition) is 0. The van der Waals surface area contributed by atoms with Gasteiger partial charge in [0.25, 0.3) is 0 Å². The van der Waals surface area contributed by atoms with E-state index in [1.165, 1.54) is 31.4 Å². The van der Waals surface area contributed by atoms with Crippen LogP contribution in [0, 0.1) is 11.8 Å². The molecule has 1 saturated carbocycles. The number of likely N-dealkylation sites (tertiary alicyclic amines) is 1. The molecule has 2 amide bonds. The summed E-state index contributed by atoms with van der Waals surface area (Å²) in [7, 11) is 1.28. The highest BCUT2D eigenvalue weighted by atomic mass is 16.5. The first-order chi connectivity index (χ1) is 12.0. The largest absolute Gasteiger partial charge is 0.465 e. The monoisotopic (exact) mass is 345 g/mol. The Bertz CT molecular complexity index is 687. The van der Waals surface area contributed by atoms with Gasteiger partial charge in [-0.1, -0.05) is 12.8 Å². The van der Waals surface area contributed by atoms with Crippen molar-refractivity contribution in [1.82, 2.24) is 4.90 Å². The third-order valence-corrected chi connectivity index (χ3v) is 4.73. The summed E-state index contributed by atoms with van der Waals surface area (Å²) in [5.41, 5.74) is 0.330. The third-order valence-electron chi connectivity index (χ3n) is 4.73. The second-order valence-corrected chi connectivity index (χ2v) is 6.25. The van der Waals surface area contributed by atoms with E-state index in [9.17, 15) is 19.2 Å². The van der Waals surface area contributed by atoms with E-state index in [1.807, 2.05) is 0 Å². The number of methoxy groups -OCH3 is 1. The van der Waals surface area contributed by atoms with Gasteiger partial charge in [-0.3, -0.25) is 14.5 Å². The van der Waals surface area contributed by atoms with Gasteiger partial charge in [-0.05, 0) is 37.1 Å². The first-order valence-corrected chi connectivity index (χ1v) is 8.25. The lowest BCUT2D eigenvalue weighted by molar-refractivity contribution is -0.148. The van der Waals surface area contributed by atoms with Crippen LogP contribution < -0.4 is 4.74 Å². The first-order valence-electron chi connectivity index (χ1n) is 8.25. The molecule has 2 aliphatic rings. The maximum absolute atomic E-state index is 12.3. The number of nitrogens with zero attached hydrogens (tertiary/aromatic N) is 1. The molecule has 0 N–H and O–H groups in total. The van der Waals surface area contributed by atoms with E-state index in [0.717, 1.165) is 17.7 Å². The van der Waals surface area contributed by atoms with Gasteiger partial charge in [0, 0.05) is 0 Å². The van der Waals surface area contributed by atoms with Crippen LogP contribution in [-0.4, -0.2) is 42.3 Å². The van der Waals surface area contributed by atoms with Gasteiger partial charge in [0.1, 0.15) is 12.3 Å². The summed E-state index contributed by atoms with van der Waals surface area (Å²) in [4.78, 5) is 49.1. The number of amides is 2. The second-order valence-electron chi connectivity index (χ2n) is 6.25. The Morgan fingerprint density at radius 2 is 1.60 bits per heavy atom. The highest BCUT2D eigenvalue weighted by Crippen LogP contribution is 2.37. The molecule has 2 fully saturated rings. The maximum atomic E-state index is 12.3. The summed E-state index contributed by atoms with van der Waals surface area (Å²) in [6.07, 6.45) is 3.28. The number of benzene rings is 1. The van der Waals surface area contributed by atoms with E-state index in [-0.39, 0.29) is 35.9 Å². The van der Waals surface area contributed by atoms with Gasteiger partial charge in [-0.2, -0.15) is 0 Å². The lowest BCUT2D eigenvalue weighted by Gasteiger charge is -2.19. The number of rotatable bonds is 4. The molecule has 0 aromatic heterocycles. The Morgan fingerprint density at radius 1 is 1.04 bits per heavy atom. The molecule has 25 heavy (non-hydrogen) atoms. The van der Waals surface area contributed by atoms with Gasteiger partial charge < -0.3 is 9.47 Å². The van der Waals surface area contributed by atoms with Gasteiger partial charge in [-0.15, -0.1) is 0 Å². The lowest BCUT2D eigenvalue weighted by Crippen LogP contribution is -2.37. The fraction of sp³-hybridized carbons (Fsp3) is 0.444. The van der Waals surface area contributed by atoms with Crippen molar-refractivity contribution in [1.29, 1.82) is 0 Å².